The molecular weight excluding hydrogens is 254 g/mol. The van der Waals surface area contributed by atoms with Gasteiger partial charge in [-0.3, -0.25) is 9.59 Å². The Bertz CT molecular complexity index is 429. The number of hydrogen-bond donors (Lipinski definition) is 2. The maximum Gasteiger partial charge on any atom is 0.305 e. The summed E-state index contributed by atoms with van der Waals surface area (Å²) in [5.74, 6) is -0.835. The summed E-state index contributed by atoms with van der Waals surface area (Å²) in [6, 6.07) is 9.72. The minimum Gasteiger partial charge on any atom is -0.481 e. The molecule has 0 aliphatic carbocycles. The average Bonchev–Trinajstić information content (AvgIpc) is 2.38. The molecule has 20 heavy (non-hydrogen) atoms. The first-order valence-corrected chi connectivity index (χ1v) is 7.04. The van der Waals surface area contributed by atoms with Crippen molar-refractivity contribution in [1.82, 2.24) is 5.32 Å². The summed E-state index contributed by atoms with van der Waals surface area (Å²) >= 11 is 0. The van der Waals surface area contributed by atoms with Gasteiger partial charge >= 0.3 is 5.97 Å². The molecule has 1 unspecified atom stereocenters. The van der Waals surface area contributed by atoms with Crippen LogP contribution in [0, 0.1) is 5.92 Å². The highest BCUT2D eigenvalue weighted by atomic mass is 16.4. The molecule has 0 aromatic heterocycles. The number of carboxylic acid groups (broad SMARTS) is 1. The van der Waals surface area contributed by atoms with Gasteiger partial charge in [0.05, 0.1) is 6.42 Å². The number of carboxylic acids is 1. The third kappa shape index (κ3) is 6.36. The Hall–Kier alpha value is -1.84. The SMILES string of the molecule is CC(C)C(CC(=O)O)NC(=O)CCCc1ccccc1. The number of amides is 1. The van der Waals surface area contributed by atoms with E-state index in [0.717, 1.165) is 12.8 Å². The van der Waals surface area contributed by atoms with E-state index in [1.54, 1.807) is 0 Å². The fourth-order valence-corrected chi connectivity index (χ4v) is 2.02. The lowest BCUT2D eigenvalue weighted by atomic mass is 10.0. The first-order valence-electron chi connectivity index (χ1n) is 7.04. The molecule has 1 amide bonds. The molecule has 0 aliphatic heterocycles. The largest absolute Gasteiger partial charge is 0.481 e. The molecular formula is C16H23NO3. The normalized spacial score (nSPS) is 12.2. The van der Waals surface area contributed by atoms with Crippen molar-refractivity contribution < 1.29 is 14.7 Å². The fraction of sp³-hybridized carbons (Fsp3) is 0.500. The predicted octanol–water partition coefficient (Wildman–Crippen LogP) is 2.62. The Morgan fingerprint density at radius 3 is 2.40 bits per heavy atom. The number of benzene rings is 1. The van der Waals surface area contributed by atoms with Gasteiger partial charge in [-0.1, -0.05) is 44.2 Å². The number of nitrogens with one attached hydrogen (secondary N) is 1. The van der Waals surface area contributed by atoms with Gasteiger partial charge in [0.25, 0.3) is 0 Å². The van der Waals surface area contributed by atoms with Gasteiger partial charge in [-0.25, -0.2) is 0 Å². The van der Waals surface area contributed by atoms with Gasteiger partial charge in [0, 0.05) is 12.5 Å². The summed E-state index contributed by atoms with van der Waals surface area (Å²) in [5.41, 5.74) is 1.21. The van der Waals surface area contributed by atoms with Gasteiger partial charge in [0.2, 0.25) is 5.91 Å². The lowest BCUT2D eigenvalue weighted by molar-refractivity contribution is -0.138. The molecule has 0 bridgehead atoms. The van der Waals surface area contributed by atoms with E-state index < -0.39 is 5.97 Å². The lowest BCUT2D eigenvalue weighted by Gasteiger charge is -2.20. The number of carbonyl (C=O) groups is 2. The van der Waals surface area contributed by atoms with E-state index in [1.165, 1.54) is 5.56 Å². The van der Waals surface area contributed by atoms with Gasteiger partial charge < -0.3 is 10.4 Å². The number of aliphatic carboxylic acids is 1. The molecule has 0 aliphatic rings. The number of hydrogen-bond acceptors (Lipinski definition) is 2. The first-order chi connectivity index (χ1) is 9.49. The molecule has 0 radical (unpaired) electrons. The van der Waals surface area contributed by atoms with Crippen LogP contribution in [0.2, 0.25) is 0 Å². The van der Waals surface area contributed by atoms with Crippen LogP contribution in [0.1, 0.15) is 38.7 Å². The molecule has 4 nitrogen and oxygen atoms in total. The standard InChI is InChI=1S/C16H23NO3/c1-12(2)14(11-16(19)20)17-15(18)10-6-9-13-7-4-3-5-8-13/h3-5,7-8,12,14H,6,9-11H2,1-2H3,(H,17,18)(H,19,20). The maximum atomic E-state index is 11.8. The minimum absolute atomic E-state index is 0.0257. The summed E-state index contributed by atoms with van der Waals surface area (Å²) in [5, 5.41) is 11.6. The minimum atomic E-state index is -0.881. The fourth-order valence-electron chi connectivity index (χ4n) is 2.02. The van der Waals surface area contributed by atoms with Gasteiger partial charge in [-0.2, -0.15) is 0 Å². The van der Waals surface area contributed by atoms with Crippen molar-refractivity contribution >= 4 is 11.9 Å². The molecule has 0 fully saturated rings. The summed E-state index contributed by atoms with van der Waals surface area (Å²) in [6.45, 7) is 3.83. The molecule has 1 aromatic rings. The van der Waals surface area contributed by atoms with Gasteiger partial charge in [0.15, 0.2) is 0 Å². The van der Waals surface area contributed by atoms with Crippen molar-refractivity contribution in [2.75, 3.05) is 0 Å². The first kappa shape index (κ1) is 16.2. The molecule has 0 saturated carbocycles. The smallest absolute Gasteiger partial charge is 0.305 e. The zero-order chi connectivity index (χ0) is 15.0. The molecule has 110 valence electrons. The van der Waals surface area contributed by atoms with E-state index in [9.17, 15) is 9.59 Å². The quantitative estimate of drug-likeness (QED) is 0.767. The second kappa shape index (κ2) is 8.35. The molecule has 2 N–H and O–H groups in total. The Morgan fingerprint density at radius 2 is 1.85 bits per heavy atom. The zero-order valence-electron chi connectivity index (χ0n) is 12.1. The van der Waals surface area contributed by atoms with E-state index >= 15 is 0 Å². The Balaban J connectivity index is 2.33. The van der Waals surface area contributed by atoms with Crippen molar-refractivity contribution in [2.24, 2.45) is 5.92 Å². The van der Waals surface area contributed by atoms with Crippen LogP contribution in [0.25, 0.3) is 0 Å². The molecule has 0 heterocycles. The van der Waals surface area contributed by atoms with E-state index in [1.807, 2.05) is 44.2 Å². The second-order valence-corrected chi connectivity index (χ2v) is 5.36. The van der Waals surface area contributed by atoms with Crippen LogP contribution in [0.4, 0.5) is 0 Å². The maximum absolute atomic E-state index is 11.8. The van der Waals surface area contributed by atoms with Crippen LogP contribution in [-0.4, -0.2) is 23.0 Å². The molecule has 0 spiro atoms. The molecule has 1 aromatic carbocycles. The van der Waals surface area contributed by atoms with Gasteiger partial charge in [0.1, 0.15) is 0 Å². The number of carbonyl (C=O) groups excluding carboxylic acids is 1. The van der Waals surface area contributed by atoms with Crippen molar-refractivity contribution in [3.05, 3.63) is 35.9 Å². The van der Waals surface area contributed by atoms with Crippen LogP contribution < -0.4 is 5.32 Å². The van der Waals surface area contributed by atoms with Crippen molar-refractivity contribution in [2.45, 2.75) is 45.6 Å². The zero-order valence-corrected chi connectivity index (χ0v) is 12.1. The van der Waals surface area contributed by atoms with Gasteiger partial charge in [-0.15, -0.1) is 0 Å². The Labute approximate surface area is 120 Å². The summed E-state index contributed by atoms with van der Waals surface area (Å²) < 4.78 is 0. The van der Waals surface area contributed by atoms with Crippen LogP contribution in [0.5, 0.6) is 0 Å². The second-order valence-electron chi connectivity index (χ2n) is 5.36. The van der Waals surface area contributed by atoms with Crippen LogP contribution in [0.15, 0.2) is 30.3 Å². The van der Waals surface area contributed by atoms with Crippen LogP contribution in [0.3, 0.4) is 0 Å². The molecule has 0 saturated heterocycles. The van der Waals surface area contributed by atoms with Crippen LogP contribution >= 0.6 is 0 Å². The lowest BCUT2D eigenvalue weighted by Crippen LogP contribution is -2.40. The van der Waals surface area contributed by atoms with Crippen LogP contribution in [-0.2, 0) is 16.0 Å². The average molecular weight is 277 g/mol. The highest BCUT2D eigenvalue weighted by Crippen LogP contribution is 2.08. The highest BCUT2D eigenvalue weighted by Gasteiger charge is 2.18. The topological polar surface area (TPSA) is 66.4 Å². The monoisotopic (exact) mass is 277 g/mol. The molecule has 4 heteroatoms. The Kier molecular flexibility index (Phi) is 6.77. The van der Waals surface area contributed by atoms with Crippen molar-refractivity contribution in [3.8, 4) is 0 Å². The molecule has 1 rings (SSSR count). The van der Waals surface area contributed by atoms with Crippen molar-refractivity contribution in [1.29, 1.82) is 0 Å². The van der Waals surface area contributed by atoms with E-state index in [-0.39, 0.29) is 24.3 Å². The summed E-state index contributed by atoms with van der Waals surface area (Å²) in [7, 11) is 0. The Morgan fingerprint density at radius 1 is 1.20 bits per heavy atom. The van der Waals surface area contributed by atoms with E-state index in [0.29, 0.717) is 6.42 Å². The predicted molar refractivity (Wildman–Crippen MR) is 78.4 cm³/mol. The van der Waals surface area contributed by atoms with E-state index in [4.69, 9.17) is 5.11 Å². The highest BCUT2D eigenvalue weighted by molar-refractivity contribution is 5.77. The van der Waals surface area contributed by atoms with Crippen molar-refractivity contribution in [3.63, 3.8) is 0 Å². The number of rotatable bonds is 8. The van der Waals surface area contributed by atoms with E-state index in [2.05, 4.69) is 5.32 Å². The third-order valence-corrected chi connectivity index (χ3v) is 3.26. The summed E-state index contributed by atoms with van der Waals surface area (Å²) in [4.78, 5) is 22.6. The number of aryl methyl sites for hydroxylation is 1. The molecule has 1 atom stereocenters. The van der Waals surface area contributed by atoms with Gasteiger partial charge in [-0.05, 0) is 24.3 Å². The third-order valence-electron chi connectivity index (χ3n) is 3.26. The summed E-state index contributed by atoms with van der Waals surface area (Å²) in [6.07, 6.45) is 2.03.